The number of aromatic nitrogens is 3. The van der Waals surface area contributed by atoms with Gasteiger partial charge >= 0.3 is 0 Å². The second-order valence-corrected chi connectivity index (χ2v) is 5.67. The van der Waals surface area contributed by atoms with Gasteiger partial charge < -0.3 is 5.73 Å². The first-order valence-corrected chi connectivity index (χ1v) is 7.69. The number of fused-ring (bicyclic) bond motifs is 1. The highest BCUT2D eigenvalue weighted by molar-refractivity contribution is 5.30. The van der Waals surface area contributed by atoms with Crippen molar-refractivity contribution in [3.8, 4) is 0 Å². The van der Waals surface area contributed by atoms with Crippen LogP contribution in [0.5, 0.6) is 0 Å². The molecule has 0 spiro atoms. The first kappa shape index (κ1) is 14.2. The highest BCUT2D eigenvalue weighted by Crippen LogP contribution is 2.24. The minimum absolute atomic E-state index is 0.381. The quantitative estimate of drug-likeness (QED) is 0.906. The first-order chi connectivity index (χ1) is 10.3. The Kier molecular flexibility index (Phi) is 4.31. The number of rotatable bonds is 5. The van der Waals surface area contributed by atoms with Crippen molar-refractivity contribution in [3.63, 3.8) is 0 Å². The molecule has 0 amide bonds. The zero-order chi connectivity index (χ0) is 14.7. The van der Waals surface area contributed by atoms with Gasteiger partial charge in [-0.3, -0.25) is 4.90 Å². The van der Waals surface area contributed by atoms with Crippen LogP contribution in [0.15, 0.2) is 30.6 Å². The minimum Gasteiger partial charge on any atom is -0.329 e. The zero-order valence-electron chi connectivity index (χ0n) is 12.6. The van der Waals surface area contributed by atoms with Crippen molar-refractivity contribution in [3.05, 3.63) is 47.5 Å². The molecule has 1 aliphatic rings. The molecule has 1 aromatic heterocycles. The van der Waals surface area contributed by atoms with Crippen LogP contribution in [-0.4, -0.2) is 32.3 Å². The maximum absolute atomic E-state index is 5.99. The third-order valence-electron chi connectivity index (χ3n) is 4.21. The maximum Gasteiger partial charge on any atom is 0.141 e. The Hall–Kier alpha value is -1.72. The molecule has 2 aromatic rings. The van der Waals surface area contributed by atoms with E-state index in [1.165, 1.54) is 11.1 Å². The molecular formula is C16H23N5. The number of hydrogen-bond donors (Lipinski definition) is 1. The average Bonchev–Trinajstić information content (AvgIpc) is 2.94. The fourth-order valence-corrected chi connectivity index (χ4v) is 3.05. The zero-order valence-corrected chi connectivity index (χ0v) is 12.6. The third-order valence-corrected chi connectivity index (χ3v) is 4.21. The lowest BCUT2D eigenvalue weighted by Gasteiger charge is -2.36. The molecule has 5 heteroatoms. The number of benzene rings is 1. The van der Waals surface area contributed by atoms with E-state index in [-0.39, 0.29) is 0 Å². The Morgan fingerprint density at radius 2 is 2.10 bits per heavy atom. The van der Waals surface area contributed by atoms with Crippen molar-refractivity contribution in [2.24, 2.45) is 5.73 Å². The summed E-state index contributed by atoms with van der Waals surface area (Å²) in [4.78, 5) is 6.85. The predicted octanol–water partition coefficient (Wildman–Crippen LogP) is 1.57. The predicted molar refractivity (Wildman–Crippen MR) is 82.5 cm³/mol. The van der Waals surface area contributed by atoms with Gasteiger partial charge in [-0.25, -0.2) is 9.67 Å². The molecule has 2 heterocycles. The van der Waals surface area contributed by atoms with E-state index in [1.807, 2.05) is 4.68 Å². The lowest BCUT2D eigenvalue weighted by Crippen LogP contribution is -2.44. The van der Waals surface area contributed by atoms with Crippen molar-refractivity contribution in [1.29, 1.82) is 0 Å². The molecule has 112 valence electrons. The summed E-state index contributed by atoms with van der Waals surface area (Å²) in [5.74, 6) is 1.04. The molecule has 3 rings (SSSR count). The third kappa shape index (κ3) is 2.99. The van der Waals surface area contributed by atoms with Crippen LogP contribution in [0.4, 0.5) is 0 Å². The van der Waals surface area contributed by atoms with Crippen LogP contribution < -0.4 is 5.73 Å². The van der Waals surface area contributed by atoms with Gasteiger partial charge in [0.05, 0.1) is 6.54 Å². The van der Waals surface area contributed by atoms with E-state index < -0.39 is 0 Å². The number of hydrogen-bond acceptors (Lipinski definition) is 4. The summed E-state index contributed by atoms with van der Waals surface area (Å²) in [6.07, 6.45) is 3.74. The molecule has 0 fully saturated rings. The van der Waals surface area contributed by atoms with Crippen molar-refractivity contribution < 1.29 is 0 Å². The average molecular weight is 285 g/mol. The van der Waals surface area contributed by atoms with E-state index in [0.717, 1.165) is 38.3 Å². The van der Waals surface area contributed by atoms with Crippen molar-refractivity contribution in [2.75, 3.05) is 6.54 Å². The van der Waals surface area contributed by atoms with Gasteiger partial charge in [-0.1, -0.05) is 31.2 Å². The van der Waals surface area contributed by atoms with Crippen LogP contribution in [0.3, 0.4) is 0 Å². The monoisotopic (exact) mass is 285 g/mol. The summed E-state index contributed by atoms with van der Waals surface area (Å²) in [5.41, 5.74) is 8.83. The Balaban J connectivity index is 1.79. The Labute approximate surface area is 125 Å². The molecule has 2 N–H and O–H groups in total. The first-order valence-electron chi connectivity index (χ1n) is 7.69. The highest BCUT2D eigenvalue weighted by atomic mass is 15.3. The van der Waals surface area contributed by atoms with Crippen LogP contribution in [0, 0.1) is 0 Å². The number of nitrogens with zero attached hydrogens (tertiary/aromatic N) is 4. The van der Waals surface area contributed by atoms with Gasteiger partial charge in [0, 0.05) is 25.7 Å². The van der Waals surface area contributed by atoms with Gasteiger partial charge in [-0.15, -0.1) is 0 Å². The van der Waals surface area contributed by atoms with Crippen LogP contribution in [0.25, 0.3) is 0 Å². The van der Waals surface area contributed by atoms with Crippen LogP contribution in [-0.2, 0) is 26.1 Å². The van der Waals surface area contributed by atoms with E-state index in [9.17, 15) is 0 Å². The van der Waals surface area contributed by atoms with Crippen molar-refractivity contribution in [2.45, 2.75) is 45.4 Å². The molecule has 0 saturated carbocycles. The summed E-state index contributed by atoms with van der Waals surface area (Å²) in [7, 11) is 0. The molecule has 0 aliphatic carbocycles. The van der Waals surface area contributed by atoms with Gasteiger partial charge in [-0.2, -0.15) is 5.10 Å². The molecule has 1 aliphatic heterocycles. The second-order valence-electron chi connectivity index (χ2n) is 5.67. The molecule has 5 nitrogen and oxygen atoms in total. The SMILES string of the molecule is CCCn1ncnc1CN1Cc2ccccc2CC1CN. The van der Waals surface area contributed by atoms with Crippen molar-refractivity contribution in [1.82, 2.24) is 19.7 Å². The van der Waals surface area contributed by atoms with Crippen molar-refractivity contribution >= 4 is 0 Å². The van der Waals surface area contributed by atoms with E-state index in [1.54, 1.807) is 6.33 Å². The molecule has 1 atom stereocenters. The van der Waals surface area contributed by atoms with Crippen LogP contribution >= 0.6 is 0 Å². The fourth-order valence-electron chi connectivity index (χ4n) is 3.05. The Morgan fingerprint density at radius 1 is 1.29 bits per heavy atom. The van der Waals surface area contributed by atoms with E-state index >= 15 is 0 Å². The topological polar surface area (TPSA) is 60.0 Å². The van der Waals surface area contributed by atoms with E-state index in [2.05, 4.69) is 46.2 Å². The molecular weight excluding hydrogens is 262 g/mol. The summed E-state index contributed by atoms with van der Waals surface area (Å²) in [6.45, 7) is 5.52. The maximum atomic E-state index is 5.99. The largest absolute Gasteiger partial charge is 0.329 e. The van der Waals surface area contributed by atoms with E-state index in [4.69, 9.17) is 5.73 Å². The fraction of sp³-hybridized carbons (Fsp3) is 0.500. The molecule has 0 bridgehead atoms. The smallest absolute Gasteiger partial charge is 0.141 e. The lowest BCUT2D eigenvalue weighted by molar-refractivity contribution is 0.160. The summed E-state index contributed by atoms with van der Waals surface area (Å²) < 4.78 is 2.01. The Morgan fingerprint density at radius 3 is 2.86 bits per heavy atom. The second kappa shape index (κ2) is 6.37. The molecule has 0 saturated heterocycles. The standard InChI is InChI=1S/C16H23N5/c1-2-7-21-16(18-12-19-21)11-20-10-14-6-4-3-5-13(14)8-15(20)9-17/h3-6,12,15H,2,7-11,17H2,1H3. The van der Waals surface area contributed by atoms with Crippen LogP contribution in [0.2, 0.25) is 0 Å². The van der Waals surface area contributed by atoms with Gasteiger partial charge in [0.1, 0.15) is 12.2 Å². The normalized spacial score (nSPS) is 18.7. The van der Waals surface area contributed by atoms with Crippen LogP contribution in [0.1, 0.15) is 30.3 Å². The molecule has 0 radical (unpaired) electrons. The highest BCUT2D eigenvalue weighted by Gasteiger charge is 2.26. The molecule has 1 unspecified atom stereocenters. The molecule has 21 heavy (non-hydrogen) atoms. The summed E-state index contributed by atoms with van der Waals surface area (Å²) in [5, 5.41) is 4.31. The summed E-state index contributed by atoms with van der Waals surface area (Å²) >= 11 is 0. The minimum atomic E-state index is 0.381. The van der Waals surface area contributed by atoms with Gasteiger partial charge in [0.25, 0.3) is 0 Å². The van der Waals surface area contributed by atoms with Gasteiger partial charge in [-0.05, 0) is 24.0 Å². The summed E-state index contributed by atoms with van der Waals surface area (Å²) in [6, 6.07) is 9.03. The number of nitrogens with two attached hydrogens (primary N) is 1. The molecule has 1 aromatic carbocycles. The lowest BCUT2D eigenvalue weighted by atomic mass is 9.94. The Bertz CT molecular complexity index is 592. The number of aryl methyl sites for hydroxylation is 1. The van der Waals surface area contributed by atoms with E-state index in [0.29, 0.717) is 12.6 Å². The van der Waals surface area contributed by atoms with Gasteiger partial charge in [0.15, 0.2) is 0 Å². The van der Waals surface area contributed by atoms with Gasteiger partial charge in [0.2, 0.25) is 0 Å².